The molecule has 0 spiro atoms. The minimum atomic E-state index is 0.107. The smallest absolute Gasteiger partial charge is 0.233 e. The van der Waals surface area contributed by atoms with Crippen LogP contribution in [0.2, 0.25) is 5.28 Å². The van der Waals surface area contributed by atoms with Crippen LogP contribution in [0.1, 0.15) is 18.9 Å². The number of nitriles is 1. The van der Waals surface area contributed by atoms with Crippen molar-refractivity contribution in [2.75, 3.05) is 17.2 Å². The van der Waals surface area contributed by atoms with Gasteiger partial charge < -0.3 is 10.6 Å². The zero-order valence-electron chi connectivity index (χ0n) is 11.2. The van der Waals surface area contributed by atoms with Crippen molar-refractivity contribution < 1.29 is 0 Å². The first-order valence-electron chi connectivity index (χ1n) is 6.24. The Balaban J connectivity index is 2.23. The summed E-state index contributed by atoms with van der Waals surface area (Å²) < 4.78 is 0.737. The van der Waals surface area contributed by atoms with Gasteiger partial charge in [-0.25, -0.2) is 0 Å². The Bertz CT molecular complexity index is 685. The van der Waals surface area contributed by atoms with Crippen LogP contribution in [0.3, 0.4) is 0 Å². The van der Waals surface area contributed by atoms with Crippen molar-refractivity contribution >= 4 is 45.1 Å². The molecule has 0 unspecified atom stereocenters. The van der Waals surface area contributed by atoms with Crippen LogP contribution in [0.5, 0.6) is 0 Å². The summed E-state index contributed by atoms with van der Waals surface area (Å²) in [6.07, 6.45) is 0.952. The first-order chi connectivity index (χ1) is 10.1. The highest BCUT2D eigenvalue weighted by molar-refractivity contribution is 9.10. The van der Waals surface area contributed by atoms with Crippen molar-refractivity contribution in [3.63, 3.8) is 0 Å². The second-order valence-electron chi connectivity index (χ2n) is 4.11. The SMILES string of the molecule is CCCNc1nc(Cl)nc(Nc2ccc(C#N)cc2Br)n1. The van der Waals surface area contributed by atoms with E-state index in [1.54, 1.807) is 18.2 Å². The Kier molecular flexibility index (Phi) is 5.31. The van der Waals surface area contributed by atoms with Crippen LogP contribution in [-0.2, 0) is 0 Å². The summed E-state index contributed by atoms with van der Waals surface area (Å²) in [7, 11) is 0. The zero-order valence-corrected chi connectivity index (χ0v) is 13.5. The molecule has 108 valence electrons. The average molecular weight is 368 g/mol. The number of hydrogen-bond acceptors (Lipinski definition) is 6. The first-order valence-corrected chi connectivity index (χ1v) is 7.41. The number of hydrogen-bond donors (Lipinski definition) is 2. The Hall–Kier alpha value is -1.91. The Morgan fingerprint density at radius 1 is 1.29 bits per heavy atom. The number of anilines is 3. The molecule has 2 rings (SSSR count). The summed E-state index contributed by atoms with van der Waals surface area (Å²) in [5.41, 5.74) is 1.30. The fourth-order valence-electron chi connectivity index (χ4n) is 1.53. The fourth-order valence-corrected chi connectivity index (χ4v) is 2.17. The molecule has 0 radical (unpaired) electrons. The van der Waals surface area contributed by atoms with Crippen molar-refractivity contribution in [1.82, 2.24) is 15.0 Å². The molecule has 1 heterocycles. The molecule has 0 saturated carbocycles. The molecule has 0 bridgehead atoms. The first kappa shape index (κ1) is 15.5. The van der Waals surface area contributed by atoms with Crippen molar-refractivity contribution in [1.29, 1.82) is 5.26 Å². The van der Waals surface area contributed by atoms with E-state index in [0.29, 0.717) is 17.5 Å². The largest absolute Gasteiger partial charge is 0.354 e. The Labute approximate surface area is 135 Å². The molecule has 1 aromatic carbocycles. The summed E-state index contributed by atoms with van der Waals surface area (Å²) in [4.78, 5) is 12.3. The van der Waals surface area contributed by atoms with E-state index in [1.165, 1.54) is 0 Å². The lowest BCUT2D eigenvalue weighted by atomic mass is 10.2. The molecule has 21 heavy (non-hydrogen) atoms. The molecule has 0 aliphatic rings. The third-order valence-corrected chi connectivity index (χ3v) is 3.31. The standard InChI is InChI=1S/C13H12BrClN6/c1-2-5-17-12-19-11(15)20-13(21-12)18-10-4-3-8(7-16)6-9(10)14/h3-4,6H,2,5H2,1H3,(H2,17,18,19,20,21). The third kappa shape index (κ3) is 4.28. The molecular formula is C13H12BrClN6. The summed E-state index contributed by atoms with van der Waals surface area (Å²) in [6, 6.07) is 7.24. The Morgan fingerprint density at radius 3 is 2.71 bits per heavy atom. The second kappa shape index (κ2) is 7.20. The highest BCUT2D eigenvalue weighted by Crippen LogP contribution is 2.26. The number of nitrogens with one attached hydrogen (secondary N) is 2. The molecule has 2 aromatic rings. The van der Waals surface area contributed by atoms with Crippen LogP contribution in [-0.4, -0.2) is 21.5 Å². The lowest BCUT2D eigenvalue weighted by Gasteiger charge is -2.09. The molecule has 0 saturated heterocycles. The number of rotatable bonds is 5. The molecular weight excluding hydrogens is 356 g/mol. The number of nitrogens with zero attached hydrogens (tertiary/aromatic N) is 4. The van der Waals surface area contributed by atoms with E-state index >= 15 is 0 Å². The van der Waals surface area contributed by atoms with Crippen LogP contribution in [0.25, 0.3) is 0 Å². The van der Waals surface area contributed by atoms with Gasteiger partial charge in [-0.15, -0.1) is 0 Å². The van der Waals surface area contributed by atoms with Gasteiger partial charge in [-0.3, -0.25) is 0 Å². The van der Waals surface area contributed by atoms with Crippen molar-refractivity contribution in [2.24, 2.45) is 0 Å². The van der Waals surface area contributed by atoms with E-state index in [2.05, 4.69) is 47.6 Å². The van der Waals surface area contributed by atoms with E-state index in [9.17, 15) is 0 Å². The van der Waals surface area contributed by atoms with E-state index in [1.807, 2.05) is 6.92 Å². The van der Waals surface area contributed by atoms with E-state index in [0.717, 1.165) is 23.1 Å². The van der Waals surface area contributed by atoms with Gasteiger partial charge in [0.1, 0.15) is 0 Å². The minimum absolute atomic E-state index is 0.107. The van der Waals surface area contributed by atoms with Crippen LogP contribution in [0.4, 0.5) is 17.6 Å². The molecule has 0 amide bonds. The van der Waals surface area contributed by atoms with E-state index in [-0.39, 0.29) is 5.28 Å². The summed E-state index contributed by atoms with van der Waals surface area (Å²) >= 11 is 9.28. The molecule has 8 heteroatoms. The predicted molar refractivity (Wildman–Crippen MR) is 85.8 cm³/mol. The van der Waals surface area contributed by atoms with Crippen LogP contribution in [0.15, 0.2) is 22.7 Å². The second-order valence-corrected chi connectivity index (χ2v) is 5.30. The van der Waals surface area contributed by atoms with Gasteiger partial charge in [0.15, 0.2) is 0 Å². The van der Waals surface area contributed by atoms with E-state index in [4.69, 9.17) is 16.9 Å². The number of aromatic nitrogens is 3. The maximum Gasteiger partial charge on any atom is 0.233 e. The molecule has 6 nitrogen and oxygen atoms in total. The highest BCUT2D eigenvalue weighted by Gasteiger charge is 2.07. The molecule has 1 aromatic heterocycles. The van der Waals surface area contributed by atoms with Gasteiger partial charge in [0.2, 0.25) is 17.2 Å². The lowest BCUT2D eigenvalue weighted by molar-refractivity contribution is 0.940. The predicted octanol–water partition coefficient (Wildman–Crippen LogP) is 3.72. The fraction of sp³-hybridized carbons (Fsp3) is 0.231. The van der Waals surface area contributed by atoms with Crippen molar-refractivity contribution in [3.8, 4) is 6.07 Å². The van der Waals surface area contributed by atoms with Gasteiger partial charge in [0.05, 0.1) is 17.3 Å². The molecule has 2 N–H and O–H groups in total. The minimum Gasteiger partial charge on any atom is -0.354 e. The topological polar surface area (TPSA) is 86.5 Å². The number of benzene rings is 1. The normalized spacial score (nSPS) is 10.0. The van der Waals surface area contributed by atoms with Gasteiger partial charge in [0, 0.05) is 11.0 Å². The Morgan fingerprint density at radius 2 is 2.05 bits per heavy atom. The van der Waals surface area contributed by atoms with Crippen LogP contribution < -0.4 is 10.6 Å². The van der Waals surface area contributed by atoms with Gasteiger partial charge in [-0.2, -0.15) is 20.2 Å². The zero-order chi connectivity index (χ0) is 15.2. The quantitative estimate of drug-likeness (QED) is 0.837. The van der Waals surface area contributed by atoms with Crippen LogP contribution >= 0.6 is 27.5 Å². The maximum absolute atomic E-state index is 8.85. The summed E-state index contributed by atoms with van der Waals surface area (Å²) in [6.45, 7) is 2.79. The average Bonchev–Trinajstić information content (AvgIpc) is 2.46. The molecule has 0 aliphatic heterocycles. The van der Waals surface area contributed by atoms with Gasteiger partial charge in [-0.05, 0) is 52.2 Å². The third-order valence-electron chi connectivity index (χ3n) is 2.49. The van der Waals surface area contributed by atoms with Crippen molar-refractivity contribution in [3.05, 3.63) is 33.5 Å². The van der Waals surface area contributed by atoms with Gasteiger partial charge in [-0.1, -0.05) is 6.92 Å². The van der Waals surface area contributed by atoms with Gasteiger partial charge in [0.25, 0.3) is 0 Å². The summed E-state index contributed by atoms with van der Waals surface area (Å²) in [5.74, 6) is 0.753. The molecule has 0 fully saturated rings. The monoisotopic (exact) mass is 366 g/mol. The molecule has 0 atom stereocenters. The summed E-state index contributed by atoms with van der Waals surface area (Å²) in [5, 5.41) is 15.0. The van der Waals surface area contributed by atoms with Crippen LogP contribution in [0, 0.1) is 11.3 Å². The maximum atomic E-state index is 8.85. The number of halogens is 2. The molecule has 0 aliphatic carbocycles. The highest BCUT2D eigenvalue weighted by atomic mass is 79.9. The van der Waals surface area contributed by atoms with Crippen molar-refractivity contribution in [2.45, 2.75) is 13.3 Å². The van der Waals surface area contributed by atoms with Gasteiger partial charge >= 0.3 is 0 Å². The van der Waals surface area contributed by atoms with E-state index < -0.39 is 0 Å². The lowest BCUT2D eigenvalue weighted by Crippen LogP contribution is -2.08.